The summed E-state index contributed by atoms with van der Waals surface area (Å²) in [5, 5.41) is 74.0. The molecule has 0 aromatic heterocycles. The predicted octanol–water partition coefficient (Wildman–Crippen LogP) is 1.23. The van der Waals surface area contributed by atoms with E-state index in [2.05, 4.69) is 0 Å². The number of rotatable bonds is 14. The van der Waals surface area contributed by atoms with E-state index in [0.29, 0.717) is 12.8 Å². The fourth-order valence-electron chi connectivity index (χ4n) is 2.76. The minimum absolute atomic E-state index is 0.210. The Hall–Kier alpha value is -0.320. The SMILES string of the molecule is C1CC1.CCC(O)CC(O)CC(O)CC(C)O.CCC(O)CC(O)CC(O)CC(C)O. The van der Waals surface area contributed by atoms with Crippen LogP contribution in [0.5, 0.6) is 0 Å². The fourth-order valence-corrected chi connectivity index (χ4v) is 2.76. The molecule has 1 aliphatic carbocycles. The van der Waals surface area contributed by atoms with Crippen LogP contribution in [0.3, 0.4) is 0 Å². The van der Waals surface area contributed by atoms with Crippen molar-refractivity contribution in [3.05, 3.63) is 0 Å². The Morgan fingerprint density at radius 1 is 0.419 bits per heavy atom. The third-order valence-corrected chi connectivity index (χ3v) is 4.70. The first-order valence-electron chi connectivity index (χ1n) is 11.8. The molecule has 0 aliphatic heterocycles. The molecule has 8 atom stereocenters. The summed E-state index contributed by atoms with van der Waals surface area (Å²) in [5.74, 6) is 0. The van der Waals surface area contributed by atoms with Crippen LogP contribution in [0.2, 0.25) is 0 Å². The predicted molar refractivity (Wildman–Crippen MR) is 122 cm³/mol. The zero-order valence-corrected chi connectivity index (χ0v) is 20.0. The lowest BCUT2D eigenvalue weighted by Gasteiger charge is -2.18. The molecular weight excluding hydrogens is 404 g/mol. The summed E-state index contributed by atoms with van der Waals surface area (Å²) in [6.45, 7) is 6.86. The molecule has 8 N–H and O–H groups in total. The molecule has 0 spiro atoms. The number of aliphatic hydroxyl groups excluding tert-OH is 8. The molecule has 1 fully saturated rings. The van der Waals surface area contributed by atoms with E-state index in [0.717, 1.165) is 0 Å². The summed E-state index contributed by atoms with van der Waals surface area (Å²) in [7, 11) is 0. The van der Waals surface area contributed by atoms with Crippen molar-refractivity contribution >= 4 is 0 Å². The lowest BCUT2D eigenvalue weighted by molar-refractivity contribution is 0.0200. The molecule has 0 aromatic carbocycles. The largest absolute Gasteiger partial charge is 0.393 e. The molecule has 8 heteroatoms. The van der Waals surface area contributed by atoms with Crippen LogP contribution >= 0.6 is 0 Å². The van der Waals surface area contributed by atoms with Crippen molar-refractivity contribution in [2.45, 2.75) is 147 Å². The van der Waals surface area contributed by atoms with Crippen molar-refractivity contribution in [1.82, 2.24) is 0 Å². The van der Waals surface area contributed by atoms with Gasteiger partial charge in [-0.25, -0.2) is 0 Å². The number of hydrogen-bond donors (Lipinski definition) is 8. The van der Waals surface area contributed by atoms with Crippen LogP contribution in [-0.4, -0.2) is 89.7 Å². The van der Waals surface area contributed by atoms with Gasteiger partial charge in [-0.1, -0.05) is 33.1 Å². The second-order valence-corrected chi connectivity index (χ2v) is 8.91. The Morgan fingerprint density at radius 2 is 0.645 bits per heavy atom. The van der Waals surface area contributed by atoms with E-state index in [9.17, 15) is 30.6 Å². The average molecular weight is 455 g/mol. The van der Waals surface area contributed by atoms with Crippen molar-refractivity contribution in [3.8, 4) is 0 Å². The van der Waals surface area contributed by atoms with E-state index in [1.807, 2.05) is 13.8 Å². The number of hydrogen-bond acceptors (Lipinski definition) is 8. The molecule has 1 rings (SSSR count). The highest BCUT2D eigenvalue weighted by atomic mass is 16.3. The van der Waals surface area contributed by atoms with Gasteiger partial charge >= 0.3 is 0 Å². The van der Waals surface area contributed by atoms with Crippen molar-refractivity contribution in [1.29, 1.82) is 0 Å². The van der Waals surface area contributed by atoms with Gasteiger partial charge in [0.05, 0.1) is 48.8 Å². The molecule has 0 aromatic rings. The van der Waals surface area contributed by atoms with E-state index in [1.54, 1.807) is 13.8 Å². The monoisotopic (exact) mass is 454 g/mol. The average Bonchev–Trinajstić information content (AvgIpc) is 3.49. The highest BCUT2D eigenvalue weighted by Crippen LogP contribution is 2.15. The molecule has 8 nitrogen and oxygen atoms in total. The molecule has 0 radical (unpaired) electrons. The highest BCUT2D eigenvalue weighted by Gasteiger charge is 2.17. The Labute approximate surface area is 188 Å². The van der Waals surface area contributed by atoms with Gasteiger partial charge in [0, 0.05) is 0 Å². The molecule has 0 saturated heterocycles. The summed E-state index contributed by atoms with van der Waals surface area (Å²) in [4.78, 5) is 0. The minimum atomic E-state index is -0.700. The Kier molecular flexibility index (Phi) is 21.5. The van der Waals surface area contributed by atoms with E-state index in [-0.39, 0.29) is 38.5 Å². The summed E-state index contributed by atoms with van der Waals surface area (Å²) >= 11 is 0. The maximum atomic E-state index is 9.43. The topological polar surface area (TPSA) is 162 Å². The molecular formula is C23H50O8. The molecule has 0 bridgehead atoms. The van der Waals surface area contributed by atoms with Gasteiger partial charge in [0.15, 0.2) is 0 Å². The first-order valence-corrected chi connectivity index (χ1v) is 11.8. The van der Waals surface area contributed by atoms with Crippen LogP contribution in [0.25, 0.3) is 0 Å². The standard InChI is InChI=1S/2C10H22O4.C3H6/c2*1-3-8(12)5-10(14)6-9(13)4-7(2)11;1-2-3-1/h2*7-14H,3-6H2,1-2H3;1-3H2. The number of aliphatic hydroxyl groups is 8. The van der Waals surface area contributed by atoms with E-state index < -0.39 is 48.8 Å². The summed E-state index contributed by atoms with van der Waals surface area (Å²) in [6.07, 6.45) is 2.28. The molecule has 0 heterocycles. The Bertz CT molecular complexity index is 344. The van der Waals surface area contributed by atoms with Gasteiger partial charge in [0.2, 0.25) is 0 Å². The van der Waals surface area contributed by atoms with Crippen molar-refractivity contribution in [3.63, 3.8) is 0 Å². The summed E-state index contributed by atoms with van der Waals surface area (Å²) in [5.41, 5.74) is 0. The van der Waals surface area contributed by atoms with Crippen molar-refractivity contribution < 1.29 is 40.9 Å². The summed E-state index contributed by atoms with van der Waals surface area (Å²) < 4.78 is 0. The Morgan fingerprint density at radius 3 is 0.839 bits per heavy atom. The van der Waals surface area contributed by atoms with Crippen molar-refractivity contribution in [2.24, 2.45) is 0 Å². The second kappa shape index (κ2) is 20.3. The third-order valence-electron chi connectivity index (χ3n) is 4.70. The van der Waals surface area contributed by atoms with Crippen LogP contribution in [0.4, 0.5) is 0 Å². The normalized spacial score (nSPS) is 20.5. The van der Waals surface area contributed by atoms with Gasteiger partial charge < -0.3 is 40.9 Å². The van der Waals surface area contributed by atoms with Crippen LogP contribution in [0.1, 0.15) is 98.3 Å². The minimum Gasteiger partial charge on any atom is -0.393 e. The lowest BCUT2D eigenvalue weighted by atomic mass is 10.0. The van der Waals surface area contributed by atoms with Gasteiger partial charge in [-0.05, 0) is 65.2 Å². The van der Waals surface area contributed by atoms with Gasteiger partial charge in [-0.15, -0.1) is 0 Å². The fraction of sp³-hybridized carbons (Fsp3) is 1.00. The third kappa shape index (κ3) is 27.6. The van der Waals surface area contributed by atoms with Crippen LogP contribution in [0.15, 0.2) is 0 Å². The maximum Gasteiger partial charge on any atom is 0.0589 e. The molecule has 0 amide bonds. The first kappa shape index (κ1) is 32.9. The van der Waals surface area contributed by atoms with Crippen LogP contribution < -0.4 is 0 Å². The second-order valence-electron chi connectivity index (χ2n) is 8.91. The Balaban J connectivity index is 0. The van der Waals surface area contributed by atoms with Gasteiger partial charge in [0.1, 0.15) is 0 Å². The molecule has 1 aliphatic rings. The summed E-state index contributed by atoms with van der Waals surface area (Å²) in [6, 6.07) is 0. The highest BCUT2D eigenvalue weighted by molar-refractivity contribution is 4.69. The lowest BCUT2D eigenvalue weighted by Crippen LogP contribution is -2.24. The molecule has 190 valence electrons. The van der Waals surface area contributed by atoms with Gasteiger partial charge in [-0.3, -0.25) is 0 Å². The first-order chi connectivity index (χ1) is 14.4. The van der Waals surface area contributed by atoms with E-state index >= 15 is 0 Å². The zero-order valence-electron chi connectivity index (χ0n) is 20.0. The van der Waals surface area contributed by atoms with Crippen LogP contribution in [-0.2, 0) is 0 Å². The quantitative estimate of drug-likeness (QED) is 0.194. The van der Waals surface area contributed by atoms with Crippen LogP contribution in [0, 0.1) is 0 Å². The van der Waals surface area contributed by atoms with Gasteiger partial charge in [0.25, 0.3) is 0 Å². The maximum absolute atomic E-state index is 9.43. The zero-order chi connectivity index (χ0) is 24.4. The molecule has 8 unspecified atom stereocenters. The van der Waals surface area contributed by atoms with Crippen molar-refractivity contribution in [2.75, 3.05) is 0 Å². The smallest absolute Gasteiger partial charge is 0.0589 e. The van der Waals surface area contributed by atoms with E-state index in [1.165, 1.54) is 19.3 Å². The van der Waals surface area contributed by atoms with E-state index in [4.69, 9.17) is 10.2 Å². The van der Waals surface area contributed by atoms with Gasteiger partial charge in [-0.2, -0.15) is 0 Å². The molecule has 1 saturated carbocycles. The molecule has 31 heavy (non-hydrogen) atoms.